The first-order valence-corrected chi connectivity index (χ1v) is 8.00. The van der Waals surface area contributed by atoms with Gasteiger partial charge in [0.1, 0.15) is 0 Å². The van der Waals surface area contributed by atoms with Crippen LogP contribution in [-0.4, -0.2) is 25.7 Å². The fraction of sp³-hybridized carbons (Fsp3) is 0.529. The molecule has 1 aliphatic carbocycles. The van der Waals surface area contributed by atoms with Crippen LogP contribution in [0.5, 0.6) is 0 Å². The predicted octanol–water partition coefficient (Wildman–Crippen LogP) is 3.18. The molecule has 4 rings (SSSR count). The molecule has 0 spiro atoms. The van der Waals surface area contributed by atoms with Crippen LogP contribution < -0.4 is 0 Å². The number of fused-ring (bicyclic) bond motifs is 3. The Hall–Kier alpha value is -1.68. The molecule has 2 aliphatic rings. The fourth-order valence-electron chi connectivity index (χ4n) is 3.96. The van der Waals surface area contributed by atoms with Crippen LogP contribution in [0.3, 0.4) is 0 Å². The Morgan fingerprint density at radius 1 is 1.29 bits per heavy atom. The van der Waals surface area contributed by atoms with Gasteiger partial charge in [0.2, 0.25) is 0 Å². The van der Waals surface area contributed by atoms with Crippen molar-refractivity contribution in [1.29, 1.82) is 0 Å². The molecule has 1 aliphatic heterocycles. The lowest BCUT2D eigenvalue weighted by Gasteiger charge is -2.28. The molecule has 2 aromatic rings. The van der Waals surface area contributed by atoms with Gasteiger partial charge in [0.05, 0.1) is 36.1 Å². The fourth-order valence-corrected chi connectivity index (χ4v) is 3.96. The van der Waals surface area contributed by atoms with E-state index in [0.29, 0.717) is 5.92 Å². The second-order valence-electron chi connectivity index (χ2n) is 6.34. The second-order valence-corrected chi connectivity index (χ2v) is 6.34. The molecule has 0 unspecified atom stereocenters. The molecule has 0 bridgehead atoms. The van der Waals surface area contributed by atoms with Crippen molar-refractivity contribution in [2.24, 2.45) is 5.92 Å². The Morgan fingerprint density at radius 2 is 2.14 bits per heavy atom. The second kappa shape index (κ2) is 5.26. The minimum absolute atomic E-state index is 0.135. The van der Waals surface area contributed by atoms with Gasteiger partial charge in [0, 0.05) is 18.2 Å². The van der Waals surface area contributed by atoms with E-state index in [2.05, 4.69) is 20.6 Å². The molecular formula is C17H21N3O. The van der Waals surface area contributed by atoms with Gasteiger partial charge in [-0.1, -0.05) is 19.3 Å². The Labute approximate surface area is 124 Å². The van der Waals surface area contributed by atoms with E-state index in [1.807, 2.05) is 24.8 Å². The van der Waals surface area contributed by atoms with Gasteiger partial charge in [-0.05, 0) is 30.9 Å². The highest BCUT2D eigenvalue weighted by atomic mass is 16.3. The van der Waals surface area contributed by atoms with E-state index in [1.54, 1.807) is 0 Å². The maximum absolute atomic E-state index is 10.7. The average Bonchev–Trinajstić information content (AvgIpc) is 3.11. The lowest BCUT2D eigenvalue weighted by Crippen LogP contribution is -2.26. The van der Waals surface area contributed by atoms with Gasteiger partial charge in [0.25, 0.3) is 0 Å². The van der Waals surface area contributed by atoms with Gasteiger partial charge in [-0.15, -0.1) is 0 Å². The number of aromatic nitrogens is 3. The molecule has 3 heterocycles. The molecule has 4 heteroatoms. The first-order chi connectivity index (χ1) is 10.3. The molecule has 1 saturated carbocycles. The highest BCUT2D eigenvalue weighted by Crippen LogP contribution is 2.41. The SMILES string of the molecule is O[C@@H](C[C@H]1c2ncccc2-c2cncn21)C1CCCCC1. The van der Waals surface area contributed by atoms with Crippen molar-refractivity contribution in [3.63, 3.8) is 0 Å². The van der Waals surface area contributed by atoms with E-state index in [9.17, 15) is 5.11 Å². The number of hydrogen-bond acceptors (Lipinski definition) is 3. The summed E-state index contributed by atoms with van der Waals surface area (Å²) in [5.74, 6) is 0.457. The predicted molar refractivity (Wildman–Crippen MR) is 80.8 cm³/mol. The maximum atomic E-state index is 10.7. The van der Waals surface area contributed by atoms with E-state index >= 15 is 0 Å². The van der Waals surface area contributed by atoms with Gasteiger partial charge in [-0.3, -0.25) is 4.98 Å². The smallest absolute Gasteiger partial charge is 0.0957 e. The third-order valence-corrected chi connectivity index (χ3v) is 5.09. The van der Waals surface area contributed by atoms with Crippen molar-refractivity contribution >= 4 is 0 Å². The minimum Gasteiger partial charge on any atom is -0.393 e. The zero-order chi connectivity index (χ0) is 14.2. The summed E-state index contributed by atoms with van der Waals surface area (Å²) in [7, 11) is 0. The van der Waals surface area contributed by atoms with E-state index in [0.717, 1.165) is 23.4 Å². The lowest BCUT2D eigenvalue weighted by molar-refractivity contribution is 0.0683. The first-order valence-electron chi connectivity index (χ1n) is 8.00. The van der Waals surface area contributed by atoms with Crippen LogP contribution in [0.25, 0.3) is 11.3 Å². The highest BCUT2D eigenvalue weighted by molar-refractivity contribution is 5.66. The molecule has 2 aromatic heterocycles. The Balaban J connectivity index is 1.60. The molecule has 0 amide bonds. The zero-order valence-corrected chi connectivity index (χ0v) is 12.2. The van der Waals surface area contributed by atoms with Crippen LogP contribution in [0.2, 0.25) is 0 Å². The number of hydrogen-bond donors (Lipinski definition) is 1. The van der Waals surface area contributed by atoms with Crippen LogP contribution in [0.1, 0.15) is 50.3 Å². The number of pyridine rings is 1. The van der Waals surface area contributed by atoms with E-state index in [4.69, 9.17) is 0 Å². The summed E-state index contributed by atoms with van der Waals surface area (Å²) in [6.45, 7) is 0. The standard InChI is InChI=1S/C17H21N3O/c21-16(12-5-2-1-3-6-12)9-14-17-13(7-4-8-19-17)15-10-18-11-20(14)15/h4,7-8,10-12,14,16,21H,1-3,5-6,9H2/t14-,16-/m0/s1. The largest absolute Gasteiger partial charge is 0.393 e. The number of rotatable bonds is 3. The van der Waals surface area contributed by atoms with Gasteiger partial charge >= 0.3 is 0 Å². The molecule has 1 N–H and O–H groups in total. The van der Waals surface area contributed by atoms with Gasteiger partial charge in [0.15, 0.2) is 0 Å². The monoisotopic (exact) mass is 283 g/mol. The topological polar surface area (TPSA) is 50.9 Å². The maximum Gasteiger partial charge on any atom is 0.0957 e. The summed E-state index contributed by atoms with van der Waals surface area (Å²) in [6.07, 6.45) is 12.3. The van der Waals surface area contributed by atoms with Gasteiger partial charge in [-0.25, -0.2) is 4.98 Å². The summed E-state index contributed by atoms with van der Waals surface area (Å²) in [5, 5.41) is 10.7. The first kappa shape index (κ1) is 13.0. The molecule has 0 radical (unpaired) electrons. The molecule has 21 heavy (non-hydrogen) atoms. The Morgan fingerprint density at radius 3 is 3.00 bits per heavy atom. The van der Waals surface area contributed by atoms with Crippen molar-refractivity contribution in [3.8, 4) is 11.3 Å². The lowest BCUT2D eigenvalue weighted by atomic mass is 9.83. The zero-order valence-electron chi connectivity index (χ0n) is 12.2. The summed E-state index contributed by atoms with van der Waals surface area (Å²) in [6, 6.07) is 4.20. The number of aliphatic hydroxyl groups is 1. The summed E-state index contributed by atoms with van der Waals surface area (Å²) < 4.78 is 2.17. The van der Waals surface area contributed by atoms with Crippen LogP contribution in [0, 0.1) is 5.92 Å². The third kappa shape index (κ3) is 2.18. The number of aliphatic hydroxyl groups excluding tert-OH is 1. The summed E-state index contributed by atoms with van der Waals surface area (Å²) >= 11 is 0. The van der Waals surface area contributed by atoms with E-state index < -0.39 is 0 Å². The summed E-state index contributed by atoms with van der Waals surface area (Å²) in [4.78, 5) is 8.83. The van der Waals surface area contributed by atoms with Crippen molar-refractivity contribution < 1.29 is 5.11 Å². The number of imidazole rings is 1. The van der Waals surface area contributed by atoms with Crippen LogP contribution >= 0.6 is 0 Å². The molecular weight excluding hydrogens is 262 g/mol. The third-order valence-electron chi connectivity index (χ3n) is 5.09. The normalized spacial score (nSPS) is 22.8. The van der Waals surface area contributed by atoms with Crippen molar-refractivity contribution in [1.82, 2.24) is 14.5 Å². The Kier molecular flexibility index (Phi) is 3.26. The van der Waals surface area contributed by atoms with E-state index in [1.165, 1.54) is 32.1 Å². The minimum atomic E-state index is -0.237. The van der Waals surface area contributed by atoms with Crippen LogP contribution in [-0.2, 0) is 0 Å². The van der Waals surface area contributed by atoms with Crippen molar-refractivity contribution in [2.75, 3.05) is 0 Å². The molecule has 1 fully saturated rings. The quantitative estimate of drug-likeness (QED) is 0.941. The Bertz CT molecular complexity index is 630. The van der Waals surface area contributed by atoms with Crippen LogP contribution in [0.15, 0.2) is 30.9 Å². The highest BCUT2D eigenvalue weighted by Gasteiger charge is 2.33. The molecule has 0 aromatic carbocycles. The van der Waals surface area contributed by atoms with Crippen molar-refractivity contribution in [3.05, 3.63) is 36.5 Å². The molecule has 4 nitrogen and oxygen atoms in total. The van der Waals surface area contributed by atoms with E-state index in [-0.39, 0.29) is 12.1 Å². The number of nitrogens with zero attached hydrogens (tertiary/aromatic N) is 3. The van der Waals surface area contributed by atoms with Crippen LogP contribution in [0.4, 0.5) is 0 Å². The molecule has 0 saturated heterocycles. The molecule has 2 atom stereocenters. The van der Waals surface area contributed by atoms with Gasteiger partial charge in [-0.2, -0.15) is 0 Å². The average molecular weight is 283 g/mol. The van der Waals surface area contributed by atoms with Crippen molar-refractivity contribution in [2.45, 2.75) is 50.7 Å². The van der Waals surface area contributed by atoms with Gasteiger partial charge < -0.3 is 9.67 Å². The molecule has 110 valence electrons. The summed E-state index contributed by atoms with van der Waals surface area (Å²) in [5.41, 5.74) is 3.37.